The van der Waals surface area contributed by atoms with E-state index in [9.17, 15) is 4.79 Å². The molecule has 0 aromatic carbocycles. The number of carbonyl (C=O) groups is 1. The van der Waals surface area contributed by atoms with Gasteiger partial charge in [0.05, 0.1) is 6.20 Å². The molecule has 0 saturated carbocycles. The van der Waals surface area contributed by atoms with Gasteiger partial charge < -0.3 is 4.90 Å². The van der Waals surface area contributed by atoms with Crippen LogP contribution in [0, 0.1) is 0 Å². The number of hydrogen-bond acceptors (Lipinski definition) is 5. The summed E-state index contributed by atoms with van der Waals surface area (Å²) >= 11 is 13.1. The Labute approximate surface area is 164 Å². The van der Waals surface area contributed by atoms with Crippen LogP contribution >= 0.6 is 34.7 Å². The van der Waals surface area contributed by atoms with Crippen molar-refractivity contribution in [2.45, 2.75) is 18.8 Å². The largest absolute Gasteiger partial charge is 0.337 e. The molecule has 1 fully saturated rings. The van der Waals surface area contributed by atoms with Gasteiger partial charge >= 0.3 is 0 Å². The minimum absolute atomic E-state index is 0.172. The number of piperidine rings is 1. The predicted octanol–water partition coefficient (Wildman–Crippen LogP) is 4.25. The average molecular weight is 408 g/mol. The fourth-order valence-electron chi connectivity index (χ4n) is 3.31. The molecular weight excluding hydrogens is 393 g/mol. The summed E-state index contributed by atoms with van der Waals surface area (Å²) in [6.07, 6.45) is 7.23. The highest BCUT2D eigenvalue weighted by Crippen LogP contribution is 2.35. The van der Waals surface area contributed by atoms with Gasteiger partial charge in [-0.15, -0.1) is 0 Å². The molecule has 4 heterocycles. The van der Waals surface area contributed by atoms with Crippen LogP contribution in [0.25, 0.3) is 11.1 Å². The van der Waals surface area contributed by atoms with Crippen molar-refractivity contribution in [2.75, 3.05) is 13.1 Å². The number of likely N-dealkylation sites (tertiary alicyclic amines) is 1. The topological polar surface area (TPSA) is 74.8 Å². The number of pyridine rings is 1. The third-order valence-electron chi connectivity index (χ3n) is 4.58. The minimum atomic E-state index is -0.173. The molecule has 4 rings (SSSR count). The lowest BCUT2D eigenvalue weighted by Crippen LogP contribution is -2.39. The van der Waals surface area contributed by atoms with Crippen molar-refractivity contribution in [2.24, 2.45) is 0 Å². The Morgan fingerprint density at radius 1 is 1.31 bits per heavy atom. The van der Waals surface area contributed by atoms with E-state index >= 15 is 0 Å². The van der Waals surface area contributed by atoms with Gasteiger partial charge in [-0.1, -0.05) is 23.2 Å². The fraction of sp³-hybridized carbons (Fsp3) is 0.294. The van der Waals surface area contributed by atoms with E-state index < -0.39 is 0 Å². The lowest BCUT2D eigenvalue weighted by Gasteiger charge is -2.32. The van der Waals surface area contributed by atoms with Crippen molar-refractivity contribution in [3.63, 3.8) is 0 Å². The monoisotopic (exact) mass is 407 g/mol. The van der Waals surface area contributed by atoms with Crippen LogP contribution < -0.4 is 0 Å². The Balaban J connectivity index is 1.58. The minimum Gasteiger partial charge on any atom is -0.337 e. The summed E-state index contributed by atoms with van der Waals surface area (Å²) in [6, 6.07) is 3.91. The molecule has 1 saturated heterocycles. The lowest BCUT2D eigenvalue weighted by atomic mass is 9.90. The summed E-state index contributed by atoms with van der Waals surface area (Å²) in [6.45, 7) is 1.27. The number of aromatic amines is 1. The van der Waals surface area contributed by atoms with Gasteiger partial charge in [-0.2, -0.15) is 9.47 Å². The van der Waals surface area contributed by atoms with Crippen molar-refractivity contribution >= 4 is 40.6 Å². The lowest BCUT2D eigenvalue weighted by molar-refractivity contribution is 0.0701. The molecule has 0 unspecified atom stereocenters. The van der Waals surface area contributed by atoms with E-state index in [2.05, 4.69) is 19.6 Å². The summed E-state index contributed by atoms with van der Waals surface area (Å²) in [5.74, 6) is -0.000857. The van der Waals surface area contributed by atoms with Crippen LogP contribution in [0.2, 0.25) is 9.36 Å². The average Bonchev–Trinajstić information content (AvgIpc) is 3.30. The Morgan fingerprint density at radius 3 is 2.85 bits per heavy atom. The zero-order valence-corrected chi connectivity index (χ0v) is 16.0. The van der Waals surface area contributed by atoms with E-state index in [0.29, 0.717) is 17.4 Å². The summed E-state index contributed by atoms with van der Waals surface area (Å²) < 4.78 is 4.45. The Hall–Kier alpha value is -1.96. The number of hydrogen-bond donors (Lipinski definition) is 1. The Bertz CT molecular complexity index is 926. The molecule has 1 amide bonds. The number of nitrogens with one attached hydrogen (secondary N) is 1. The first-order valence-corrected chi connectivity index (χ1v) is 9.71. The van der Waals surface area contributed by atoms with Gasteiger partial charge in [0.1, 0.15) is 9.36 Å². The highest BCUT2D eigenvalue weighted by atomic mass is 35.5. The van der Waals surface area contributed by atoms with Crippen LogP contribution in [0.3, 0.4) is 0 Å². The molecule has 26 heavy (non-hydrogen) atoms. The van der Waals surface area contributed by atoms with Crippen LogP contribution in [0.1, 0.15) is 34.9 Å². The first-order chi connectivity index (χ1) is 12.6. The zero-order valence-electron chi connectivity index (χ0n) is 13.7. The number of aromatic nitrogens is 4. The van der Waals surface area contributed by atoms with E-state index in [4.69, 9.17) is 23.2 Å². The molecule has 1 N–H and O–H groups in total. The van der Waals surface area contributed by atoms with Crippen molar-refractivity contribution in [1.29, 1.82) is 0 Å². The number of rotatable bonds is 3. The Morgan fingerprint density at radius 2 is 2.12 bits per heavy atom. The van der Waals surface area contributed by atoms with E-state index in [1.807, 2.05) is 18.3 Å². The van der Waals surface area contributed by atoms with Crippen molar-refractivity contribution < 1.29 is 4.79 Å². The molecule has 134 valence electrons. The van der Waals surface area contributed by atoms with Crippen LogP contribution in [-0.2, 0) is 0 Å². The van der Waals surface area contributed by atoms with Gasteiger partial charge in [-0.3, -0.25) is 14.9 Å². The summed E-state index contributed by atoms with van der Waals surface area (Å²) in [7, 11) is 0. The van der Waals surface area contributed by atoms with Gasteiger partial charge in [-0.25, -0.2) is 0 Å². The SMILES string of the molecule is O=C(c1nsc(Cl)c1Cl)N1CCC[C@H](c2[nH]ncc2-c2ccncc2)C1. The normalized spacial score (nSPS) is 17.5. The third-order valence-corrected chi connectivity index (χ3v) is 6.19. The molecule has 1 atom stereocenters. The molecule has 1 aliphatic heterocycles. The molecule has 6 nitrogen and oxygen atoms in total. The number of carbonyl (C=O) groups excluding carboxylic acids is 1. The molecule has 0 bridgehead atoms. The molecule has 0 spiro atoms. The summed E-state index contributed by atoms with van der Waals surface area (Å²) in [4.78, 5) is 18.7. The van der Waals surface area contributed by atoms with Crippen LogP contribution in [0.15, 0.2) is 30.7 Å². The quantitative estimate of drug-likeness (QED) is 0.703. The maximum absolute atomic E-state index is 12.8. The van der Waals surface area contributed by atoms with Crippen molar-refractivity contribution in [3.05, 3.63) is 51.5 Å². The van der Waals surface area contributed by atoms with Crippen LogP contribution in [-0.4, -0.2) is 43.5 Å². The number of nitrogens with zero attached hydrogens (tertiary/aromatic N) is 4. The number of amides is 1. The smallest absolute Gasteiger partial charge is 0.275 e. The second kappa shape index (κ2) is 7.34. The number of halogens is 2. The molecule has 0 radical (unpaired) electrons. The summed E-state index contributed by atoms with van der Waals surface area (Å²) in [5.41, 5.74) is 3.38. The van der Waals surface area contributed by atoms with Gasteiger partial charge in [0.25, 0.3) is 5.91 Å². The maximum atomic E-state index is 12.8. The van der Waals surface area contributed by atoms with Crippen molar-refractivity contribution in [3.8, 4) is 11.1 Å². The molecule has 3 aromatic rings. The first kappa shape index (κ1) is 17.5. The van der Waals surface area contributed by atoms with E-state index in [-0.39, 0.29) is 22.5 Å². The second-order valence-corrected chi connectivity index (χ2v) is 7.90. The Kier molecular flexibility index (Phi) is 4.93. The first-order valence-electron chi connectivity index (χ1n) is 8.18. The molecule has 3 aromatic heterocycles. The fourth-order valence-corrected chi connectivity index (χ4v) is 4.30. The van der Waals surface area contributed by atoms with E-state index in [1.165, 1.54) is 0 Å². The molecule has 1 aliphatic rings. The standard InChI is InChI=1S/C17H15Cl2N5OS/c18-13-15(23-26-16(13)19)17(25)24-7-1-2-11(9-24)14-12(8-21-22-14)10-3-5-20-6-4-10/h3-6,8,11H,1-2,7,9H2,(H,21,22)/t11-/m0/s1. The zero-order chi connectivity index (χ0) is 18.1. The van der Waals surface area contributed by atoms with Gasteiger partial charge in [0.2, 0.25) is 0 Å². The predicted molar refractivity (Wildman–Crippen MR) is 102 cm³/mol. The molecule has 0 aliphatic carbocycles. The van der Waals surface area contributed by atoms with Gasteiger partial charge in [-0.05, 0) is 42.1 Å². The molecular formula is C17H15Cl2N5OS. The highest BCUT2D eigenvalue weighted by Gasteiger charge is 2.30. The second-order valence-electron chi connectivity index (χ2n) is 6.14. The van der Waals surface area contributed by atoms with Crippen LogP contribution in [0.4, 0.5) is 0 Å². The number of H-pyrrole nitrogens is 1. The summed E-state index contributed by atoms with van der Waals surface area (Å²) in [5, 5.41) is 7.58. The highest BCUT2D eigenvalue weighted by molar-refractivity contribution is 7.11. The maximum Gasteiger partial charge on any atom is 0.275 e. The van der Waals surface area contributed by atoms with E-state index in [0.717, 1.165) is 41.2 Å². The van der Waals surface area contributed by atoms with Crippen LogP contribution in [0.5, 0.6) is 0 Å². The van der Waals surface area contributed by atoms with E-state index in [1.54, 1.807) is 17.3 Å². The van der Waals surface area contributed by atoms with Crippen molar-refractivity contribution in [1.82, 2.24) is 24.5 Å². The van der Waals surface area contributed by atoms with Gasteiger partial charge in [0.15, 0.2) is 5.69 Å². The third kappa shape index (κ3) is 3.22. The van der Waals surface area contributed by atoms with Gasteiger partial charge in [0, 0.05) is 42.7 Å². The molecule has 9 heteroatoms.